The Labute approximate surface area is 210 Å². The highest BCUT2D eigenvalue weighted by molar-refractivity contribution is 8.77. The summed E-state index contributed by atoms with van der Waals surface area (Å²) in [5.41, 5.74) is -2.09. The monoisotopic (exact) mass is 532 g/mol. The van der Waals surface area contributed by atoms with Crippen LogP contribution in [-0.4, -0.2) is 114 Å². The maximum atomic E-state index is 9.93. The third kappa shape index (κ3) is 9.98. The van der Waals surface area contributed by atoms with E-state index < -0.39 is 72.9 Å². The number of aliphatic hydroxyl groups is 8. The number of ether oxygens (including phenoxy) is 2. The Morgan fingerprint density at radius 3 is 1.12 bits per heavy atom. The summed E-state index contributed by atoms with van der Waals surface area (Å²) in [5, 5.41) is 76.9. The second-order valence-electron chi connectivity index (χ2n) is 8.71. The van der Waals surface area contributed by atoms with Crippen LogP contribution in [0, 0.1) is 0 Å². The predicted molar refractivity (Wildman–Crippen MR) is 131 cm³/mol. The van der Waals surface area contributed by atoms with Crippen molar-refractivity contribution in [2.45, 2.75) is 125 Å². The standard InChI is InChI=1S/C12H22O10S2.C10H22/c13-1-3-5(15)7(17)9(19)11(21-3)23-24-12-10(20)8(18)6(16)4(2-14)22-12;1-3-5-7-9-10-8-6-4-2/h3-20H,1-2H2;3-10H2,1-2H3/t3-,4-,5-,6-,7+,8+,9-,10-,11+,12+;/m1./s1. The van der Waals surface area contributed by atoms with Gasteiger partial charge in [0, 0.05) is 0 Å². The van der Waals surface area contributed by atoms with Crippen LogP contribution in [0.2, 0.25) is 0 Å². The van der Waals surface area contributed by atoms with Gasteiger partial charge in [0.1, 0.15) is 59.7 Å². The van der Waals surface area contributed by atoms with Crippen LogP contribution >= 0.6 is 21.6 Å². The average Bonchev–Trinajstić information content (AvgIpc) is 2.84. The highest BCUT2D eigenvalue weighted by Crippen LogP contribution is 2.41. The summed E-state index contributed by atoms with van der Waals surface area (Å²) in [6.45, 7) is 3.41. The van der Waals surface area contributed by atoms with Crippen molar-refractivity contribution in [1.82, 2.24) is 0 Å². The Balaban J connectivity index is 0.000000489. The SMILES string of the molecule is CCCCCCCCCC.OC[C@H]1O[C@@H](SS[C@@H]2O[C@H](CO)[C@@H](O)[C@H](O)[C@H]2O)[C@H](O)[C@@H](O)[C@@H]1O. The van der Waals surface area contributed by atoms with Gasteiger partial charge in [-0.25, -0.2) is 0 Å². The molecule has 0 bridgehead atoms. The van der Waals surface area contributed by atoms with Crippen molar-refractivity contribution in [3.8, 4) is 0 Å². The summed E-state index contributed by atoms with van der Waals surface area (Å²) in [5.74, 6) is 0. The van der Waals surface area contributed by atoms with Gasteiger partial charge in [-0.15, -0.1) is 0 Å². The number of aliphatic hydroxyl groups excluding tert-OH is 8. The van der Waals surface area contributed by atoms with Crippen molar-refractivity contribution in [3.05, 3.63) is 0 Å². The molecule has 0 aliphatic carbocycles. The molecule has 204 valence electrons. The van der Waals surface area contributed by atoms with E-state index in [0.29, 0.717) is 0 Å². The van der Waals surface area contributed by atoms with Gasteiger partial charge in [0.15, 0.2) is 0 Å². The summed E-state index contributed by atoms with van der Waals surface area (Å²) >= 11 is 0. The molecule has 8 N–H and O–H groups in total. The summed E-state index contributed by atoms with van der Waals surface area (Å²) in [7, 11) is 1.72. The fourth-order valence-electron chi connectivity index (χ4n) is 3.61. The van der Waals surface area contributed by atoms with E-state index in [1.807, 2.05) is 0 Å². The quantitative estimate of drug-likeness (QED) is 0.126. The van der Waals surface area contributed by atoms with E-state index in [4.69, 9.17) is 19.7 Å². The molecule has 34 heavy (non-hydrogen) atoms. The third-order valence-electron chi connectivity index (χ3n) is 5.90. The van der Waals surface area contributed by atoms with Crippen LogP contribution in [0.3, 0.4) is 0 Å². The number of hydrogen-bond acceptors (Lipinski definition) is 12. The molecule has 2 heterocycles. The largest absolute Gasteiger partial charge is 0.394 e. The lowest BCUT2D eigenvalue weighted by Crippen LogP contribution is -2.58. The van der Waals surface area contributed by atoms with Gasteiger partial charge in [0.05, 0.1) is 13.2 Å². The Hall–Kier alpha value is 0.300. The van der Waals surface area contributed by atoms with E-state index in [-0.39, 0.29) is 0 Å². The van der Waals surface area contributed by atoms with Crippen LogP contribution in [0.4, 0.5) is 0 Å². The first kappa shape index (κ1) is 32.3. The molecule has 2 aliphatic rings. The summed E-state index contributed by atoms with van der Waals surface area (Å²) in [6.07, 6.45) is 0.441. The Bertz CT molecular complexity index is 472. The van der Waals surface area contributed by atoms with Gasteiger partial charge in [0.25, 0.3) is 0 Å². The van der Waals surface area contributed by atoms with E-state index in [1.54, 1.807) is 0 Å². The van der Waals surface area contributed by atoms with Gasteiger partial charge in [-0.1, -0.05) is 86.8 Å². The zero-order valence-corrected chi connectivity index (χ0v) is 21.7. The first-order valence-corrected chi connectivity index (χ1v) is 14.4. The second kappa shape index (κ2) is 17.7. The fraction of sp³-hybridized carbons (Fsp3) is 1.00. The van der Waals surface area contributed by atoms with E-state index in [9.17, 15) is 30.6 Å². The van der Waals surface area contributed by atoms with Gasteiger partial charge in [-0.05, 0) is 0 Å². The molecule has 2 saturated heterocycles. The maximum Gasteiger partial charge on any atom is 0.142 e. The topological polar surface area (TPSA) is 180 Å². The van der Waals surface area contributed by atoms with Crippen LogP contribution in [0.15, 0.2) is 0 Å². The summed E-state index contributed by atoms with van der Waals surface area (Å²) < 4.78 is 10.6. The molecule has 12 heteroatoms. The van der Waals surface area contributed by atoms with E-state index in [1.165, 1.54) is 51.4 Å². The van der Waals surface area contributed by atoms with Gasteiger partial charge >= 0.3 is 0 Å². The Morgan fingerprint density at radius 2 is 0.824 bits per heavy atom. The zero-order chi connectivity index (χ0) is 25.7. The molecule has 0 spiro atoms. The number of unbranched alkanes of at least 4 members (excludes halogenated alkanes) is 7. The van der Waals surface area contributed by atoms with Gasteiger partial charge in [-0.2, -0.15) is 0 Å². The summed E-state index contributed by atoms with van der Waals surface area (Å²) in [6, 6.07) is 0. The molecule has 10 atom stereocenters. The molecule has 0 unspecified atom stereocenters. The molecular formula is C22H44O10S2. The minimum atomic E-state index is -1.52. The molecule has 0 aromatic heterocycles. The van der Waals surface area contributed by atoms with Crippen molar-refractivity contribution < 1.29 is 50.3 Å². The molecule has 0 aromatic rings. The molecule has 0 aromatic carbocycles. The van der Waals surface area contributed by atoms with E-state index in [2.05, 4.69) is 13.8 Å². The predicted octanol–water partition coefficient (Wildman–Crippen LogP) is 0.115. The van der Waals surface area contributed by atoms with Crippen LogP contribution in [0.5, 0.6) is 0 Å². The maximum absolute atomic E-state index is 9.93. The molecule has 2 fully saturated rings. The van der Waals surface area contributed by atoms with Crippen molar-refractivity contribution in [3.63, 3.8) is 0 Å². The molecule has 10 nitrogen and oxygen atoms in total. The van der Waals surface area contributed by atoms with E-state index >= 15 is 0 Å². The first-order chi connectivity index (χ1) is 16.2. The van der Waals surface area contributed by atoms with Crippen molar-refractivity contribution >= 4 is 21.6 Å². The van der Waals surface area contributed by atoms with Gasteiger partial charge in [0.2, 0.25) is 0 Å². The lowest BCUT2D eigenvalue weighted by atomic mass is 10.0. The molecule has 2 aliphatic heterocycles. The smallest absolute Gasteiger partial charge is 0.142 e. The van der Waals surface area contributed by atoms with Crippen LogP contribution in [0.25, 0.3) is 0 Å². The van der Waals surface area contributed by atoms with Crippen LogP contribution in [-0.2, 0) is 9.47 Å². The molecule has 0 amide bonds. The van der Waals surface area contributed by atoms with Crippen molar-refractivity contribution in [1.29, 1.82) is 0 Å². The zero-order valence-electron chi connectivity index (χ0n) is 20.1. The van der Waals surface area contributed by atoms with Gasteiger partial charge in [-0.3, -0.25) is 0 Å². The van der Waals surface area contributed by atoms with Gasteiger partial charge < -0.3 is 50.3 Å². The normalized spacial score (nSPS) is 38.3. The second-order valence-corrected chi connectivity index (χ2v) is 11.2. The highest BCUT2D eigenvalue weighted by Gasteiger charge is 2.47. The van der Waals surface area contributed by atoms with E-state index in [0.717, 1.165) is 21.6 Å². The number of hydrogen-bond donors (Lipinski definition) is 8. The van der Waals surface area contributed by atoms with Crippen molar-refractivity contribution in [2.24, 2.45) is 0 Å². The van der Waals surface area contributed by atoms with Crippen LogP contribution in [0.1, 0.15) is 65.2 Å². The summed E-state index contributed by atoms with van der Waals surface area (Å²) in [4.78, 5) is 0. The minimum Gasteiger partial charge on any atom is -0.394 e. The molecule has 0 radical (unpaired) electrons. The fourth-order valence-corrected chi connectivity index (χ4v) is 6.37. The number of rotatable bonds is 12. The first-order valence-electron chi connectivity index (χ1n) is 12.2. The van der Waals surface area contributed by atoms with Crippen LogP contribution < -0.4 is 0 Å². The van der Waals surface area contributed by atoms with Crippen molar-refractivity contribution in [2.75, 3.05) is 13.2 Å². The Morgan fingerprint density at radius 1 is 0.500 bits per heavy atom. The third-order valence-corrected chi connectivity index (χ3v) is 8.64. The lowest BCUT2D eigenvalue weighted by molar-refractivity contribution is -0.206. The molecular weight excluding hydrogens is 488 g/mol. The molecule has 2 rings (SSSR count). The average molecular weight is 533 g/mol. The lowest BCUT2D eigenvalue weighted by Gasteiger charge is -2.42. The highest BCUT2D eigenvalue weighted by atomic mass is 33.1. The molecule has 0 saturated carbocycles. The minimum absolute atomic E-state index is 0.563. The Kier molecular flexibility index (Phi) is 16.8.